The summed E-state index contributed by atoms with van der Waals surface area (Å²) in [5.74, 6) is 1.71. The lowest BCUT2D eigenvalue weighted by Gasteiger charge is -2.22. The normalized spacial score (nSPS) is 11.5. The predicted molar refractivity (Wildman–Crippen MR) is 86.2 cm³/mol. The lowest BCUT2D eigenvalue weighted by Crippen LogP contribution is -2.35. The van der Waals surface area contributed by atoms with Gasteiger partial charge in [0.15, 0.2) is 0 Å². The third-order valence-corrected chi connectivity index (χ3v) is 3.08. The van der Waals surface area contributed by atoms with Gasteiger partial charge in [-0.1, -0.05) is 6.07 Å². The van der Waals surface area contributed by atoms with Crippen LogP contribution in [0, 0.1) is 0 Å². The van der Waals surface area contributed by atoms with Crippen molar-refractivity contribution in [1.82, 2.24) is 5.32 Å². The number of ether oxygens (including phenoxy) is 3. The minimum atomic E-state index is 0.0790. The van der Waals surface area contributed by atoms with Gasteiger partial charge in [-0.3, -0.25) is 0 Å². The lowest BCUT2D eigenvalue weighted by atomic mass is 10.1. The average Bonchev–Trinajstić information content (AvgIpc) is 2.44. The van der Waals surface area contributed by atoms with Crippen molar-refractivity contribution in [3.8, 4) is 11.5 Å². The van der Waals surface area contributed by atoms with Crippen LogP contribution in [0.1, 0.15) is 39.2 Å². The molecule has 0 aliphatic rings. The van der Waals surface area contributed by atoms with E-state index in [1.807, 2.05) is 12.1 Å². The van der Waals surface area contributed by atoms with E-state index in [-0.39, 0.29) is 5.54 Å². The van der Waals surface area contributed by atoms with E-state index in [4.69, 9.17) is 14.2 Å². The summed E-state index contributed by atoms with van der Waals surface area (Å²) in [5.41, 5.74) is 1.23. The second-order valence-electron chi connectivity index (χ2n) is 6.13. The van der Waals surface area contributed by atoms with Crippen LogP contribution in [0.2, 0.25) is 0 Å². The van der Waals surface area contributed by atoms with E-state index in [0.29, 0.717) is 6.61 Å². The topological polar surface area (TPSA) is 39.7 Å². The molecule has 0 aliphatic heterocycles. The zero-order valence-electron chi connectivity index (χ0n) is 14.0. The third kappa shape index (κ3) is 7.34. The monoisotopic (exact) mass is 295 g/mol. The molecular formula is C17H29NO3. The Morgan fingerprint density at radius 2 is 1.76 bits per heavy atom. The number of benzene rings is 1. The SMILES string of the molecule is COCCCCOc1cc(OC)ccc1CNC(C)(C)C. The number of hydrogen-bond donors (Lipinski definition) is 1. The third-order valence-electron chi connectivity index (χ3n) is 3.08. The molecule has 0 unspecified atom stereocenters. The zero-order chi connectivity index (χ0) is 15.7. The van der Waals surface area contributed by atoms with Crippen LogP contribution in [0.25, 0.3) is 0 Å². The van der Waals surface area contributed by atoms with Crippen LogP contribution in [0.5, 0.6) is 11.5 Å². The number of unbranched alkanes of at least 4 members (excludes halogenated alkanes) is 1. The summed E-state index contributed by atoms with van der Waals surface area (Å²) in [6, 6.07) is 5.98. The first kappa shape index (κ1) is 17.8. The Bertz CT molecular complexity index is 413. The van der Waals surface area contributed by atoms with Gasteiger partial charge in [-0.2, -0.15) is 0 Å². The van der Waals surface area contributed by atoms with Gasteiger partial charge < -0.3 is 19.5 Å². The highest BCUT2D eigenvalue weighted by Gasteiger charge is 2.12. The van der Waals surface area contributed by atoms with Crippen LogP contribution in [0.15, 0.2) is 18.2 Å². The summed E-state index contributed by atoms with van der Waals surface area (Å²) in [4.78, 5) is 0. The molecule has 4 nitrogen and oxygen atoms in total. The Hall–Kier alpha value is -1.26. The first-order valence-corrected chi connectivity index (χ1v) is 7.50. The Balaban J connectivity index is 2.63. The lowest BCUT2D eigenvalue weighted by molar-refractivity contribution is 0.184. The Kier molecular flexibility index (Phi) is 7.54. The molecule has 0 spiro atoms. The van der Waals surface area contributed by atoms with Gasteiger partial charge in [-0.25, -0.2) is 0 Å². The number of methoxy groups -OCH3 is 2. The van der Waals surface area contributed by atoms with Crippen molar-refractivity contribution in [2.45, 2.75) is 45.7 Å². The van der Waals surface area contributed by atoms with Gasteiger partial charge in [0.2, 0.25) is 0 Å². The van der Waals surface area contributed by atoms with Crippen molar-refractivity contribution < 1.29 is 14.2 Å². The summed E-state index contributed by atoms with van der Waals surface area (Å²) in [6.07, 6.45) is 1.99. The molecule has 1 N–H and O–H groups in total. The van der Waals surface area contributed by atoms with E-state index in [1.54, 1.807) is 14.2 Å². The number of hydrogen-bond acceptors (Lipinski definition) is 4. The molecule has 0 aliphatic carbocycles. The highest BCUT2D eigenvalue weighted by atomic mass is 16.5. The highest BCUT2D eigenvalue weighted by molar-refractivity contribution is 5.40. The number of rotatable bonds is 9. The maximum absolute atomic E-state index is 5.92. The molecule has 0 amide bonds. The second-order valence-corrected chi connectivity index (χ2v) is 6.13. The molecule has 1 rings (SSSR count). The minimum Gasteiger partial charge on any atom is -0.497 e. The summed E-state index contributed by atoms with van der Waals surface area (Å²) in [7, 11) is 3.39. The fraction of sp³-hybridized carbons (Fsp3) is 0.647. The van der Waals surface area contributed by atoms with Crippen molar-refractivity contribution in [2.75, 3.05) is 27.4 Å². The van der Waals surface area contributed by atoms with Gasteiger partial charge in [0, 0.05) is 37.4 Å². The summed E-state index contributed by atoms with van der Waals surface area (Å²) in [6.45, 7) is 8.71. The van der Waals surface area contributed by atoms with E-state index in [2.05, 4.69) is 32.2 Å². The van der Waals surface area contributed by atoms with Crippen molar-refractivity contribution >= 4 is 0 Å². The number of nitrogens with one attached hydrogen (secondary N) is 1. The van der Waals surface area contributed by atoms with Crippen molar-refractivity contribution in [1.29, 1.82) is 0 Å². The van der Waals surface area contributed by atoms with Crippen LogP contribution in [0.3, 0.4) is 0 Å². The average molecular weight is 295 g/mol. The molecule has 0 saturated heterocycles. The summed E-state index contributed by atoms with van der Waals surface area (Å²) >= 11 is 0. The van der Waals surface area contributed by atoms with E-state index in [9.17, 15) is 0 Å². The largest absolute Gasteiger partial charge is 0.497 e. The molecule has 0 bridgehead atoms. The Morgan fingerprint density at radius 3 is 2.38 bits per heavy atom. The molecule has 1 aromatic carbocycles. The van der Waals surface area contributed by atoms with Gasteiger partial charge in [-0.05, 0) is 39.7 Å². The second kappa shape index (κ2) is 8.90. The maximum atomic E-state index is 5.92. The van der Waals surface area contributed by atoms with Crippen molar-refractivity contribution in [3.05, 3.63) is 23.8 Å². The van der Waals surface area contributed by atoms with Crippen molar-refractivity contribution in [3.63, 3.8) is 0 Å². The molecule has 0 saturated carbocycles. The Morgan fingerprint density at radius 1 is 1.05 bits per heavy atom. The van der Waals surface area contributed by atoms with Crippen LogP contribution in [-0.2, 0) is 11.3 Å². The van der Waals surface area contributed by atoms with E-state index in [1.165, 1.54) is 0 Å². The van der Waals surface area contributed by atoms with Gasteiger partial charge in [0.05, 0.1) is 13.7 Å². The van der Waals surface area contributed by atoms with E-state index >= 15 is 0 Å². The standard InChI is InChI=1S/C17H29NO3/c1-17(2,3)18-13-14-8-9-15(20-5)12-16(14)21-11-7-6-10-19-4/h8-9,12,18H,6-7,10-11,13H2,1-5H3. The molecule has 0 radical (unpaired) electrons. The molecule has 21 heavy (non-hydrogen) atoms. The Labute approximate surface area is 128 Å². The van der Waals surface area contributed by atoms with Crippen LogP contribution < -0.4 is 14.8 Å². The van der Waals surface area contributed by atoms with Gasteiger partial charge in [-0.15, -0.1) is 0 Å². The molecule has 1 aromatic rings. The first-order chi connectivity index (χ1) is 9.96. The minimum absolute atomic E-state index is 0.0790. The molecule has 4 heteroatoms. The fourth-order valence-electron chi connectivity index (χ4n) is 1.83. The zero-order valence-corrected chi connectivity index (χ0v) is 14.0. The molecular weight excluding hydrogens is 266 g/mol. The summed E-state index contributed by atoms with van der Waals surface area (Å²) in [5, 5.41) is 3.49. The van der Waals surface area contributed by atoms with Crippen LogP contribution in [-0.4, -0.2) is 33.0 Å². The smallest absolute Gasteiger partial charge is 0.127 e. The van der Waals surface area contributed by atoms with Crippen LogP contribution >= 0.6 is 0 Å². The van der Waals surface area contributed by atoms with Crippen LogP contribution in [0.4, 0.5) is 0 Å². The van der Waals surface area contributed by atoms with Gasteiger partial charge in [0.1, 0.15) is 11.5 Å². The van der Waals surface area contributed by atoms with E-state index in [0.717, 1.165) is 43.1 Å². The molecule has 0 atom stereocenters. The van der Waals surface area contributed by atoms with Crippen molar-refractivity contribution in [2.24, 2.45) is 0 Å². The molecule has 0 aromatic heterocycles. The summed E-state index contributed by atoms with van der Waals surface area (Å²) < 4.78 is 16.2. The molecule has 0 fully saturated rings. The molecule has 120 valence electrons. The predicted octanol–water partition coefficient (Wildman–Crippen LogP) is 3.39. The van der Waals surface area contributed by atoms with Gasteiger partial charge in [0.25, 0.3) is 0 Å². The fourth-order valence-corrected chi connectivity index (χ4v) is 1.83. The van der Waals surface area contributed by atoms with Gasteiger partial charge >= 0.3 is 0 Å². The van der Waals surface area contributed by atoms with E-state index < -0.39 is 0 Å². The highest BCUT2D eigenvalue weighted by Crippen LogP contribution is 2.25. The quantitative estimate of drug-likeness (QED) is 0.709. The first-order valence-electron chi connectivity index (χ1n) is 7.50. The molecule has 0 heterocycles. The maximum Gasteiger partial charge on any atom is 0.127 e.